The molecule has 2 heterocycles. The number of nitrogens with zero attached hydrogens (tertiary/aromatic N) is 1. The first-order valence-corrected chi connectivity index (χ1v) is 10.1. The molecule has 6 heteroatoms. The molecule has 28 heavy (non-hydrogen) atoms. The number of aryl methyl sites for hydroxylation is 2. The summed E-state index contributed by atoms with van der Waals surface area (Å²) in [5.41, 5.74) is 3.71. The maximum Gasteiger partial charge on any atom is 0.253 e. The highest BCUT2D eigenvalue weighted by atomic mass is 32.1. The van der Waals surface area contributed by atoms with Crippen LogP contribution < -0.4 is 10.9 Å². The maximum absolute atomic E-state index is 12.7. The number of nitrogens with one attached hydrogen (secondary N) is 2. The molecule has 2 N–H and O–H groups in total. The predicted molar refractivity (Wildman–Crippen MR) is 118 cm³/mol. The molecule has 0 fully saturated rings. The first-order chi connectivity index (χ1) is 13.5. The monoisotopic (exact) mass is 397 g/mol. The van der Waals surface area contributed by atoms with Crippen molar-refractivity contribution in [2.24, 2.45) is 0 Å². The van der Waals surface area contributed by atoms with Crippen LogP contribution in [0.3, 0.4) is 0 Å². The Morgan fingerprint density at radius 2 is 2.00 bits per heavy atom. The quantitative estimate of drug-likeness (QED) is 0.457. The fourth-order valence-electron chi connectivity index (χ4n) is 3.22. The largest absolute Gasteiger partial charge is 0.467 e. The number of pyridine rings is 1. The molecule has 1 aromatic carbocycles. The Bertz CT molecular complexity index is 1010. The van der Waals surface area contributed by atoms with Gasteiger partial charge in [-0.15, -0.1) is 0 Å². The van der Waals surface area contributed by atoms with Crippen molar-refractivity contribution < 1.29 is 4.42 Å². The third-order valence-corrected chi connectivity index (χ3v) is 5.30. The van der Waals surface area contributed by atoms with Crippen molar-refractivity contribution in [3.63, 3.8) is 0 Å². The summed E-state index contributed by atoms with van der Waals surface area (Å²) >= 11 is 5.61. The molecule has 2 aromatic heterocycles. The Balaban J connectivity index is 1.90. The lowest BCUT2D eigenvalue weighted by atomic mass is 10.0. The van der Waals surface area contributed by atoms with Crippen LogP contribution in [0.5, 0.6) is 0 Å². The summed E-state index contributed by atoms with van der Waals surface area (Å²) in [7, 11) is 0. The van der Waals surface area contributed by atoms with Gasteiger partial charge in [0.25, 0.3) is 5.56 Å². The van der Waals surface area contributed by atoms with Crippen LogP contribution in [0.15, 0.2) is 45.8 Å². The van der Waals surface area contributed by atoms with Crippen molar-refractivity contribution >= 4 is 28.2 Å². The molecule has 0 saturated heterocycles. The number of hydrogen-bond acceptors (Lipinski definition) is 3. The second-order valence-electron chi connectivity index (χ2n) is 7.13. The third-order valence-electron chi connectivity index (χ3n) is 4.90. The van der Waals surface area contributed by atoms with E-state index in [-0.39, 0.29) is 5.56 Å². The van der Waals surface area contributed by atoms with Gasteiger partial charge in [-0.25, -0.2) is 0 Å². The van der Waals surface area contributed by atoms with Gasteiger partial charge in [0, 0.05) is 17.5 Å². The zero-order valence-electron chi connectivity index (χ0n) is 16.7. The van der Waals surface area contributed by atoms with E-state index < -0.39 is 0 Å². The molecular formula is C22H27N3O2S. The molecule has 5 nitrogen and oxygen atoms in total. The molecule has 0 bridgehead atoms. The van der Waals surface area contributed by atoms with Crippen LogP contribution in [-0.4, -0.2) is 21.5 Å². The van der Waals surface area contributed by atoms with Gasteiger partial charge in [0.1, 0.15) is 5.76 Å². The van der Waals surface area contributed by atoms with Crippen molar-refractivity contribution in [2.75, 3.05) is 6.54 Å². The number of rotatable bonds is 7. The number of fused-ring (bicyclic) bond motifs is 1. The lowest BCUT2D eigenvalue weighted by Gasteiger charge is -2.25. The van der Waals surface area contributed by atoms with E-state index in [0.717, 1.165) is 47.2 Å². The second kappa shape index (κ2) is 9.06. The number of thiocarbonyl (C=S) groups is 1. The van der Waals surface area contributed by atoms with Crippen LogP contribution in [0.25, 0.3) is 10.9 Å². The number of unbranched alkanes of at least 4 members (excludes halogenated alkanes) is 1. The highest BCUT2D eigenvalue weighted by Crippen LogP contribution is 2.20. The lowest BCUT2D eigenvalue weighted by molar-refractivity contribution is 0.350. The number of aromatic nitrogens is 1. The van der Waals surface area contributed by atoms with E-state index in [1.165, 1.54) is 0 Å². The van der Waals surface area contributed by atoms with E-state index in [1.54, 1.807) is 6.26 Å². The van der Waals surface area contributed by atoms with Gasteiger partial charge in [-0.3, -0.25) is 4.79 Å². The van der Waals surface area contributed by atoms with Gasteiger partial charge in [-0.05, 0) is 61.8 Å². The molecule has 3 rings (SSSR count). The highest BCUT2D eigenvalue weighted by molar-refractivity contribution is 7.80. The van der Waals surface area contributed by atoms with Crippen molar-refractivity contribution in [2.45, 2.75) is 46.7 Å². The van der Waals surface area contributed by atoms with E-state index in [0.29, 0.717) is 23.8 Å². The molecule has 3 aromatic rings. The topological polar surface area (TPSA) is 61.3 Å². The first-order valence-electron chi connectivity index (χ1n) is 9.67. The van der Waals surface area contributed by atoms with Gasteiger partial charge in [-0.1, -0.05) is 25.5 Å². The van der Waals surface area contributed by atoms with Crippen LogP contribution in [0, 0.1) is 13.8 Å². The average molecular weight is 398 g/mol. The maximum atomic E-state index is 12.7. The van der Waals surface area contributed by atoms with Crippen LogP contribution in [0.1, 0.15) is 42.2 Å². The number of aromatic amines is 1. The predicted octanol–water partition coefficient (Wildman–Crippen LogP) is 4.41. The molecular weight excluding hydrogens is 370 g/mol. The summed E-state index contributed by atoms with van der Waals surface area (Å²) in [6, 6.07) is 9.87. The molecule has 0 aliphatic carbocycles. The summed E-state index contributed by atoms with van der Waals surface area (Å²) < 4.78 is 5.50. The normalized spacial score (nSPS) is 11.0. The number of furan rings is 1. The summed E-state index contributed by atoms with van der Waals surface area (Å²) in [5, 5.41) is 4.99. The zero-order valence-corrected chi connectivity index (χ0v) is 17.5. The minimum atomic E-state index is -0.0815. The first kappa shape index (κ1) is 20.1. The Labute approximate surface area is 170 Å². The van der Waals surface area contributed by atoms with E-state index in [4.69, 9.17) is 16.6 Å². The molecule has 0 spiro atoms. The summed E-state index contributed by atoms with van der Waals surface area (Å²) in [5.74, 6) is 0.809. The number of benzene rings is 1. The van der Waals surface area contributed by atoms with Crippen molar-refractivity contribution in [3.8, 4) is 0 Å². The third kappa shape index (κ3) is 4.62. The summed E-state index contributed by atoms with van der Waals surface area (Å²) in [6.07, 6.45) is 3.79. The number of hydrogen-bond donors (Lipinski definition) is 2. The fourth-order valence-corrected chi connectivity index (χ4v) is 3.45. The molecule has 0 saturated carbocycles. The van der Waals surface area contributed by atoms with Crippen molar-refractivity contribution in [3.05, 3.63) is 69.4 Å². The Hall–Kier alpha value is -2.60. The highest BCUT2D eigenvalue weighted by Gasteiger charge is 2.16. The second-order valence-corrected chi connectivity index (χ2v) is 7.52. The van der Waals surface area contributed by atoms with Gasteiger partial charge >= 0.3 is 0 Å². The molecule has 0 aliphatic rings. The summed E-state index contributed by atoms with van der Waals surface area (Å²) in [6.45, 7) is 7.95. The van der Waals surface area contributed by atoms with Gasteiger partial charge in [0.15, 0.2) is 5.11 Å². The van der Waals surface area contributed by atoms with Gasteiger partial charge < -0.3 is 19.6 Å². The van der Waals surface area contributed by atoms with E-state index in [2.05, 4.69) is 30.2 Å². The molecule has 0 aliphatic heterocycles. The molecule has 0 atom stereocenters. The lowest BCUT2D eigenvalue weighted by Crippen LogP contribution is -2.40. The smallest absolute Gasteiger partial charge is 0.253 e. The fraction of sp³-hybridized carbons (Fsp3) is 0.364. The Morgan fingerprint density at radius 3 is 2.71 bits per heavy atom. The Morgan fingerprint density at radius 1 is 1.21 bits per heavy atom. The minimum absolute atomic E-state index is 0.0815. The van der Waals surface area contributed by atoms with Gasteiger partial charge in [0.05, 0.1) is 24.9 Å². The molecule has 0 amide bonds. The van der Waals surface area contributed by atoms with Gasteiger partial charge in [-0.2, -0.15) is 0 Å². The molecule has 0 unspecified atom stereocenters. The van der Waals surface area contributed by atoms with Crippen LogP contribution >= 0.6 is 12.2 Å². The molecule has 148 valence electrons. The van der Waals surface area contributed by atoms with Crippen LogP contribution in [0.2, 0.25) is 0 Å². The average Bonchev–Trinajstić information content (AvgIpc) is 3.18. The van der Waals surface area contributed by atoms with E-state index in [9.17, 15) is 4.79 Å². The summed E-state index contributed by atoms with van der Waals surface area (Å²) in [4.78, 5) is 17.8. The zero-order chi connectivity index (χ0) is 20.1. The molecule has 0 radical (unpaired) electrons. The van der Waals surface area contributed by atoms with Crippen molar-refractivity contribution in [1.82, 2.24) is 15.2 Å². The van der Waals surface area contributed by atoms with Gasteiger partial charge in [0.2, 0.25) is 0 Å². The van der Waals surface area contributed by atoms with E-state index in [1.807, 2.05) is 36.1 Å². The SMILES string of the molecule is CCCCNC(=S)N(Cc1ccco1)Cc1cc2c(C)ccc(C)c2[nH]c1=O. The van der Waals surface area contributed by atoms with E-state index >= 15 is 0 Å². The standard InChI is InChI=1S/C22H27N3O2S/c1-4-5-10-23-22(28)25(14-18-7-6-11-27-18)13-17-12-19-15(2)8-9-16(3)20(19)24-21(17)26/h6-9,11-12H,4-5,10,13-14H2,1-3H3,(H,23,28)(H,24,26). The minimum Gasteiger partial charge on any atom is -0.467 e. The number of H-pyrrole nitrogens is 1. The van der Waals surface area contributed by atoms with Crippen LogP contribution in [0.4, 0.5) is 0 Å². The van der Waals surface area contributed by atoms with Crippen LogP contribution in [-0.2, 0) is 13.1 Å². The van der Waals surface area contributed by atoms with Crippen molar-refractivity contribution in [1.29, 1.82) is 0 Å². The Kier molecular flexibility index (Phi) is 6.52.